The Bertz CT molecular complexity index is 582. The van der Waals surface area contributed by atoms with Crippen LogP contribution in [0.15, 0.2) is 42.5 Å². The second-order valence-electron chi connectivity index (χ2n) is 6.44. The summed E-state index contributed by atoms with van der Waals surface area (Å²) in [5.74, 6) is 0.626. The van der Waals surface area contributed by atoms with Gasteiger partial charge in [-0.3, -0.25) is 9.59 Å². The van der Waals surface area contributed by atoms with Gasteiger partial charge in [0.1, 0.15) is 0 Å². The summed E-state index contributed by atoms with van der Waals surface area (Å²) in [5.41, 5.74) is 1.06. The van der Waals surface area contributed by atoms with Gasteiger partial charge in [0.15, 0.2) is 0 Å². The highest BCUT2D eigenvalue weighted by atomic mass is 16.2. The van der Waals surface area contributed by atoms with Crippen molar-refractivity contribution < 1.29 is 9.59 Å². The normalized spacial score (nSPS) is 21.7. The van der Waals surface area contributed by atoms with Crippen molar-refractivity contribution in [2.24, 2.45) is 5.92 Å². The Labute approximate surface area is 137 Å². The number of nitrogens with one attached hydrogen (secondary N) is 1. The fourth-order valence-electron chi connectivity index (χ4n) is 3.39. The second-order valence-corrected chi connectivity index (χ2v) is 6.44. The number of rotatable bonds is 6. The number of carbonyl (C=O) groups is 2. The van der Waals surface area contributed by atoms with E-state index in [-0.39, 0.29) is 17.9 Å². The minimum atomic E-state index is -0.129. The first-order valence-electron chi connectivity index (χ1n) is 8.51. The van der Waals surface area contributed by atoms with Crippen molar-refractivity contribution in [2.75, 3.05) is 13.1 Å². The molecule has 3 rings (SSSR count). The van der Waals surface area contributed by atoms with Crippen molar-refractivity contribution >= 4 is 11.8 Å². The first-order valence-corrected chi connectivity index (χ1v) is 8.51. The molecule has 1 fully saturated rings. The summed E-state index contributed by atoms with van der Waals surface area (Å²) in [6.07, 6.45) is 8.50. The number of hydrogen-bond donors (Lipinski definition) is 1. The molecule has 1 aromatic carbocycles. The lowest BCUT2D eigenvalue weighted by atomic mass is 10.0. The maximum absolute atomic E-state index is 12.4. The largest absolute Gasteiger partial charge is 0.347 e. The van der Waals surface area contributed by atoms with Crippen molar-refractivity contribution in [1.82, 2.24) is 10.2 Å². The van der Waals surface area contributed by atoms with Gasteiger partial charge >= 0.3 is 0 Å². The third-order valence-corrected chi connectivity index (χ3v) is 4.67. The van der Waals surface area contributed by atoms with Crippen LogP contribution in [0.5, 0.6) is 0 Å². The molecule has 23 heavy (non-hydrogen) atoms. The van der Waals surface area contributed by atoms with Crippen LogP contribution >= 0.6 is 0 Å². The minimum absolute atomic E-state index is 0.0713. The topological polar surface area (TPSA) is 49.4 Å². The van der Waals surface area contributed by atoms with Gasteiger partial charge < -0.3 is 10.2 Å². The molecule has 0 bridgehead atoms. The van der Waals surface area contributed by atoms with Crippen LogP contribution in [0.4, 0.5) is 0 Å². The summed E-state index contributed by atoms with van der Waals surface area (Å²) in [7, 11) is 0. The van der Waals surface area contributed by atoms with Crippen molar-refractivity contribution in [1.29, 1.82) is 0 Å². The van der Waals surface area contributed by atoms with E-state index in [1.165, 1.54) is 0 Å². The van der Waals surface area contributed by atoms with Crippen LogP contribution < -0.4 is 5.32 Å². The van der Waals surface area contributed by atoms with Crippen LogP contribution in [0.1, 0.15) is 43.7 Å². The van der Waals surface area contributed by atoms with Gasteiger partial charge in [-0.25, -0.2) is 0 Å². The average molecular weight is 312 g/mol. The number of likely N-dealkylation sites (tertiary alicyclic amines) is 1. The van der Waals surface area contributed by atoms with Crippen LogP contribution in [-0.2, 0) is 9.59 Å². The van der Waals surface area contributed by atoms with Gasteiger partial charge in [0.05, 0.1) is 6.04 Å². The summed E-state index contributed by atoms with van der Waals surface area (Å²) < 4.78 is 0. The number of carbonyl (C=O) groups excluding carboxylic acids is 2. The molecule has 1 aromatic rings. The van der Waals surface area contributed by atoms with Crippen LogP contribution in [0.2, 0.25) is 0 Å². The molecule has 1 heterocycles. The smallest absolute Gasteiger partial charge is 0.222 e. The fraction of sp³-hybridized carbons (Fsp3) is 0.474. The highest BCUT2D eigenvalue weighted by molar-refractivity contribution is 5.79. The quantitative estimate of drug-likeness (QED) is 0.821. The second kappa shape index (κ2) is 7.44. The molecule has 0 aromatic heterocycles. The zero-order valence-electron chi connectivity index (χ0n) is 13.4. The third kappa shape index (κ3) is 4.21. The molecule has 4 heteroatoms. The van der Waals surface area contributed by atoms with E-state index >= 15 is 0 Å². The summed E-state index contributed by atoms with van der Waals surface area (Å²) in [6.45, 7) is 1.36. The molecule has 2 atom stereocenters. The van der Waals surface area contributed by atoms with Gasteiger partial charge in [-0.2, -0.15) is 0 Å². The van der Waals surface area contributed by atoms with E-state index in [4.69, 9.17) is 0 Å². The van der Waals surface area contributed by atoms with Crippen LogP contribution in [0.3, 0.4) is 0 Å². The molecular formula is C19H24N2O2. The van der Waals surface area contributed by atoms with E-state index in [2.05, 4.69) is 17.5 Å². The van der Waals surface area contributed by atoms with E-state index in [0.29, 0.717) is 25.3 Å². The monoisotopic (exact) mass is 312 g/mol. The van der Waals surface area contributed by atoms with Crippen LogP contribution in [-0.4, -0.2) is 29.8 Å². The molecular weight excluding hydrogens is 288 g/mol. The summed E-state index contributed by atoms with van der Waals surface area (Å²) in [5, 5.41) is 3.14. The van der Waals surface area contributed by atoms with Crippen molar-refractivity contribution in [3.63, 3.8) is 0 Å². The lowest BCUT2D eigenvalue weighted by Gasteiger charge is -2.25. The zero-order chi connectivity index (χ0) is 16.1. The summed E-state index contributed by atoms with van der Waals surface area (Å²) in [6, 6.07) is 9.81. The number of hydrogen-bond acceptors (Lipinski definition) is 2. The van der Waals surface area contributed by atoms with Gasteiger partial charge in [-0.15, -0.1) is 0 Å². The fourth-order valence-corrected chi connectivity index (χ4v) is 3.39. The van der Waals surface area contributed by atoms with Gasteiger partial charge in [0.2, 0.25) is 11.8 Å². The summed E-state index contributed by atoms with van der Waals surface area (Å²) >= 11 is 0. The van der Waals surface area contributed by atoms with Crippen LogP contribution in [0.25, 0.3) is 0 Å². The zero-order valence-corrected chi connectivity index (χ0v) is 13.4. The Morgan fingerprint density at radius 3 is 2.78 bits per heavy atom. The van der Waals surface area contributed by atoms with E-state index < -0.39 is 0 Å². The molecule has 0 saturated carbocycles. The Balaban J connectivity index is 1.65. The van der Waals surface area contributed by atoms with E-state index in [0.717, 1.165) is 31.4 Å². The lowest BCUT2D eigenvalue weighted by molar-refractivity contribution is -0.129. The predicted molar refractivity (Wildman–Crippen MR) is 89.6 cm³/mol. The first-order chi connectivity index (χ1) is 11.2. The standard InChI is InChI=1S/C19H24N2O2/c22-18(13-15-7-4-5-8-15)20-17(16-9-2-1-3-10-16)14-21-12-6-11-19(21)23/h1-4,7,9-10,15,17H,5-6,8,11-14H2,(H,20,22)/t15-,17+/m1/s1. The van der Waals surface area contributed by atoms with Gasteiger partial charge in [0.25, 0.3) is 0 Å². The van der Waals surface area contributed by atoms with Crippen molar-refractivity contribution in [3.8, 4) is 0 Å². The predicted octanol–water partition coefficient (Wildman–Crippen LogP) is 2.82. The molecule has 4 nitrogen and oxygen atoms in total. The Morgan fingerprint density at radius 2 is 2.13 bits per heavy atom. The minimum Gasteiger partial charge on any atom is -0.347 e. The summed E-state index contributed by atoms with van der Waals surface area (Å²) in [4.78, 5) is 26.2. The van der Waals surface area contributed by atoms with Crippen molar-refractivity contribution in [2.45, 2.75) is 38.1 Å². The highest BCUT2D eigenvalue weighted by Crippen LogP contribution is 2.22. The molecule has 122 valence electrons. The molecule has 0 spiro atoms. The molecule has 0 radical (unpaired) electrons. The average Bonchev–Trinajstić information content (AvgIpc) is 3.20. The maximum atomic E-state index is 12.4. The van der Waals surface area contributed by atoms with E-state index in [1.807, 2.05) is 35.2 Å². The Kier molecular flexibility index (Phi) is 5.11. The number of benzene rings is 1. The molecule has 1 aliphatic heterocycles. The molecule has 0 unspecified atom stereocenters. The number of allylic oxidation sites excluding steroid dienone is 2. The third-order valence-electron chi connectivity index (χ3n) is 4.67. The van der Waals surface area contributed by atoms with E-state index in [1.54, 1.807) is 0 Å². The van der Waals surface area contributed by atoms with Gasteiger partial charge in [0, 0.05) is 25.9 Å². The molecule has 2 amide bonds. The highest BCUT2D eigenvalue weighted by Gasteiger charge is 2.25. The van der Waals surface area contributed by atoms with Gasteiger partial charge in [-0.05, 0) is 30.7 Å². The Hall–Kier alpha value is -2.10. The van der Waals surface area contributed by atoms with Gasteiger partial charge in [-0.1, -0.05) is 42.5 Å². The van der Waals surface area contributed by atoms with Crippen molar-refractivity contribution in [3.05, 3.63) is 48.0 Å². The number of nitrogens with zero attached hydrogens (tertiary/aromatic N) is 1. The lowest BCUT2D eigenvalue weighted by Crippen LogP contribution is -2.39. The van der Waals surface area contributed by atoms with Crippen LogP contribution in [0, 0.1) is 5.92 Å². The first kappa shape index (κ1) is 15.8. The maximum Gasteiger partial charge on any atom is 0.222 e. The molecule has 1 aliphatic carbocycles. The Morgan fingerprint density at radius 1 is 1.30 bits per heavy atom. The molecule has 1 saturated heterocycles. The number of amides is 2. The molecule has 1 N–H and O–H groups in total. The SMILES string of the molecule is O=C(C[C@@H]1C=CCC1)N[C@@H](CN1CCCC1=O)c1ccccc1. The molecule has 2 aliphatic rings. The van der Waals surface area contributed by atoms with E-state index in [9.17, 15) is 9.59 Å².